The highest BCUT2D eigenvalue weighted by molar-refractivity contribution is 5.59. The average Bonchev–Trinajstić information content (AvgIpc) is 1.85. The molecule has 0 amide bonds. The van der Waals surface area contributed by atoms with Gasteiger partial charge in [0.15, 0.2) is 6.79 Å². The van der Waals surface area contributed by atoms with Gasteiger partial charge in [-0.2, -0.15) is 0 Å². The summed E-state index contributed by atoms with van der Waals surface area (Å²) in [5, 5.41) is 0. The van der Waals surface area contributed by atoms with E-state index < -0.39 is 6.16 Å². The molecule has 0 rings (SSSR count). The van der Waals surface area contributed by atoms with Gasteiger partial charge in [-0.05, 0) is 20.8 Å². The van der Waals surface area contributed by atoms with Crippen LogP contribution in [-0.2, 0) is 14.2 Å². The number of rotatable bonds is 2. The summed E-state index contributed by atoms with van der Waals surface area (Å²) in [7, 11) is 1.25. The minimum atomic E-state index is -0.728. The molecule has 0 radical (unpaired) electrons. The smallest absolute Gasteiger partial charge is 0.438 e. The van der Waals surface area contributed by atoms with Crippen molar-refractivity contribution in [3.8, 4) is 0 Å². The van der Waals surface area contributed by atoms with Crippen molar-refractivity contribution in [3.63, 3.8) is 0 Å². The Kier molecular flexibility index (Phi) is 3.89. The minimum absolute atomic E-state index is 0.0732. The van der Waals surface area contributed by atoms with Crippen molar-refractivity contribution in [1.29, 1.82) is 0 Å². The number of hydrogen-bond donors (Lipinski definition) is 0. The number of carbonyl (C=O) groups is 1. The van der Waals surface area contributed by atoms with Crippen LogP contribution < -0.4 is 0 Å². The van der Waals surface area contributed by atoms with E-state index >= 15 is 0 Å². The van der Waals surface area contributed by atoms with E-state index in [1.807, 2.05) is 20.8 Å². The standard InChI is InChI=1S/C7H14O4/c1-7(2,3)11-5-10-6(8)9-4/h5H2,1-4H3. The molecule has 0 saturated heterocycles. The molecule has 0 bridgehead atoms. The number of methoxy groups -OCH3 is 1. The third-order valence-electron chi connectivity index (χ3n) is 0.835. The van der Waals surface area contributed by atoms with Crippen LogP contribution in [0, 0.1) is 0 Å². The van der Waals surface area contributed by atoms with E-state index in [9.17, 15) is 4.79 Å². The second-order valence-corrected chi connectivity index (χ2v) is 2.97. The molecule has 0 fully saturated rings. The summed E-state index contributed by atoms with van der Waals surface area (Å²) in [5.74, 6) is 0. The molecule has 0 aliphatic heterocycles. The van der Waals surface area contributed by atoms with Gasteiger partial charge in [0.25, 0.3) is 0 Å². The summed E-state index contributed by atoms with van der Waals surface area (Å²) < 4.78 is 13.8. The van der Waals surface area contributed by atoms with Gasteiger partial charge in [-0.1, -0.05) is 0 Å². The number of carbonyl (C=O) groups excluding carboxylic acids is 1. The second kappa shape index (κ2) is 4.18. The predicted molar refractivity (Wildman–Crippen MR) is 39.2 cm³/mol. The van der Waals surface area contributed by atoms with Crippen molar-refractivity contribution >= 4 is 6.16 Å². The molecule has 0 aliphatic rings. The first-order chi connectivity index (χ1) is 4.95. The van der Waals surface area contributed by atoms with Crippen LogP contribution in [-0.4, -0.2) is 25.7 Å². The van der Waals surface area contributed by atoms with Crippen LogP contribution in [0.5, 0.6) is 0 Å². The molecule has 0 aliphatic carbocycles. The van der Waals surface area contributed by atoms with Gasteiger partial charge in [0.1, 0.15) is 0 Å². The maximum atomic E-state index is 10.4. The van der Waals surface area contributed by atoms with Crippen molar-refractivity contribution in [2.24, 2.45) is 0 Å². The summed E-state index contributed by atoms with van der Waals surface area (Å²) in [6.07, 6.45) is -0.728. The van der Waals surface area contributed by atoms with E-state index in [0.717, 1.165) is 0 Å². The molecule has 0 unspecified atom stereocenters. The lowest BCUT2D eigenvalue weighted by molar-refractivity contribution is -0.103. The summed E-state index contributed by atoms with van der Waals surface area (Å²) in [5.41, 5.74) is -0.298. The van der Waals surface area contributed by atoms with E-state index in [1.165, 1.54) is 7.11 Å². The van der Waals surface area contributed by atoms with Crippen molar-refractivity contribution in [2.45, 2.75) is 26.4 Å². The van der Waals surface area contributed by atoms with E-state index in [4.69, 9.17) is 4.74 Å². The lowest BCUT2D eigenvalue weighted by Gasteiger charge is -2.18. The Bertz CT molecular complexity index is 125. The third kappa shape index (κ3) is 7.12. The third-order valence-corrected chi connectivity index (χ3v) is 0.835. The molecule has 0 atom stereocenters. The molecule has 0 aromatic rings. The molecule has 0 spiro atoms. The molecule has 11 heavy (non-hydrogen) atoms. The molecule has 0 N–H and O–H groups in total. The summed E-state index contributed by atoms with van der Waals surface area (Å²) in [6, 6.07) is 0. The van der Waals surface area contributed by atoms with Crippen molar-refractivity contribution in [3.05, 3.63) is 0 Å². The van der Waals surface area contributed by atoms with E-state index in [0.29, 0.717) is 0 Å². The fraction of sp³-hybridized carbons (Fsp3) is 0.857. The van der Waals surface area contributed by atoms with Gasteiger partial charge in [-0.3, -0.25) is 0 Å². The van der Waals surface area contributed by atoms with E-state index in [-0.39, 0.29) is 12.4 Å². The molecule has 0 saturated carbocycles. The van der Waals surface area contributed by atoms with Crippen LogP contribution in [0.25, 0.3) is 0 Å². The monoisotopic (exact) mass is 162 g/mol. The SMILES string of the molecule is COC(=O)OCOC(C)(C)C. The Morgan fingerprint density at radius 2 is 1.91 bits per heavy atom. The fourth-order valence-corrected chi connectivity index (χ4v) is 0.313. The molecule has 66 valence electrons. The number of ether oxygens (including phenoxy) is 3. The Balaban J connectivity index is 3.35. The molecular weight excluding hydrogens is 148 g/mol. The lowest BCUT2D eigenvalue weighted by atomic mass is 10.2. The largest absolute Gasteiger partial charge is 0.510 e. The van der Waals surface area contributed by atoms with Crippen LogP contribution in [0.1, 0.15) is 20.8 Å². The topological polar surface area (TPSA) is 44.8 Å². The van der Waals surface area contributed by atoms with Gasteiger partial charge >= 0.3 is 6.16 Å². The molecule has 4 heteroatoms. The van der Waals surface area contributed by atoms with Gasteiger partial charge in [-0.15, -0.1) is 0 Å². The number of hydrogen-bond acceptors (Lipinski definition) is 4. The molecular formula is C7H14O4. The zero-order valence-corrected chi connectivity index (χ0v) is 7.34. The Labute approximate surface area is 66.4 Å². The zero-order chi connectivity index (χ0) is 8.91. The maximum Gasteiger partial charge on any atom is 0.510 e. The van der Waals surface area contributed by atoms with Gasteiger partial charge < -0.3 is 14.2 Å². The molecule has 0 aromatic heterocycles. The molecule has 4 nitrogen and oxygen atoms in total. The molecule has 0 heterocycles. The van der Waals surface area contributed by atoms with Crippen LogP contribution in [0.2, 0.25) is 0 Å². The summed E-state index contributed by atoms with van der Waals surface area (Å²) >= 11 is 0. The molecule has 0 aromatic carbocycles. The Hall–Kier alpha value is -0.770. The summed E-state index contributed by atoms with van der Waals surface area (Å²) in [4.78, 5) is 10.4. The van der Waals surface area contributed by atoms with Crippen LogP contribution in [0.3, 0.4) is 0 Å². The van der Waals surface area contributed by atoms with Gasteiger partial charge in [0, 0.05) is 0 Å². The van der Waals surface area contributed by atoms with Crippen LogP contribution in [0.4, 0.5) is 4.79 Å². The average molecular weight is 162 g/mol. The minimum Gasteiger partial charge on any atom is -0.438 e. The highest BCUT2D eigenvalue weighted by atomic mass is 16.8. The van der Waals surface area contributed by atoms with Crippen LogP contribution in [0.15, 0.2) is 0 Å². The fourth-order valence-electron chi connectivity index (χ4n) is 0.313. The summed E-state index contributed by atoms with van der Waals surface area (Å²) in [6.45, 7) is 5.53. The second-order valence-electron chi connectivity index (χ2n) is 2.97. The normalized spacial score (nSPS) is 10.9. The van der Waals surface area contributed by atoms with Crippen molar-refractivity contribution < 1.29 is 19.0 Å². The van der Waals surface area contributed by atoms with E-state index in [1.54, 1.807) is 0 Å². The Morgan fingerprint density at radius 3 is 2.27 bits per heavy atom. The lowest BCUT2D eigenvalue weighted by Crippen LogP contribution is -2.22. The van der Waals surface area contributed by atoms with Gasteiger partial charge in [0.05, 0.1) is 12.7 Å². The van der Waals surface area contributed by atoms with Crippen LogP contribution >= 0.6 is 0 Å². The quantitative estimate of drug-likeness (QED) is 0.456. The maximum absolute atomic E-state index is 10.4. The zero-order valence-electron chi connectivity index (χ0n) is 7.34. The predicted octanol–water partition coefficient (Wildman–Crippen LogP) is 1.54. The van der Waals surface area contributed by atoms with Crippen molar-refractivity contribution in [2.75, 3.05) is 13.9 Å². The highest BCUT2D eigenvalue weighted by Gasteiger charge is 2.10. The highest BCUT2D eigenvalue weighted by Crippen LogP contribution is 2.05. The van der Waals surface area contributed by atoms with Gasteiger partial charge in [0.2, 0.25) is 0 Å². The van der Waals surface area contributed by atoms with Gasteiger partial charge in [-0.25, -0.2) is 4.79 Å². The first-order valence-corrected chi connectivity index (χ1v) is 3.30. The van der Waals surface area contributed by atoms with E-state index in [2.05, 4.69) is 9.47 Å². The Morgan fingerprint density at radius 1 is 1.36 bits per heavy atom. The first kappa shape index (κ1) is 10.2. The van der Waals surface area contributed by atoms with Crippen molar-refractivity contribution in [1.82, 2.24) is 0 Å². The first-order valence-electron chi connectivity index (χ1n) is 3.30.